The van der Waals surface area contributed by atoms with Crippen LogP contribution in [-0.4, -0.2) is 29.1 Å². The molecule has 0 saturated heterocycles. The zero-order chi connectivity index (χ0) is 17.7. The zero-order valence-electron chi connectivity index (χ0n) is 13.6. The van der Waals surface area contributed by atoms with Gasteiger partial charge in [-0.15, -0.1) is 0 Å². The van der Waals surface area contributed by atoms with Crippen molar-refractivity contribution in [3.63, 3.8) is 0 Å². The minimum atomic E-state index is -0.903. The third-order valence-electron chi connectivity index (χ3n) is 4.37. The van der Waals surface area contributed by atoms with Crippen molar-refractivity contribution < 1.29 is 23.5 Å². The topological polar surface area (TPSA) is 78.4 Å². The first-order chi connectivity index (χ1) is 11.3. The molecule has 24 heavy (non-hydrogen) atoms. The molecule has 1 aromatic carbocycles. The lowest BCUT2D eigenvalue weighted by Gasteiger charge is -2.29. The van der Waals surface area contributed by atoms with E-state index in [9.17, 15) is 23.5 Å². The first-order valence-electron chi connectivity index (χ1n) is 7.99. The Kier molecular flexibility index (Phi) is 5.88. The molecule has 1 aliphatic rings. The maximum absolute atomic E-state index is 14.0. The van der Waals surface area contributed by atoms with E-state index in [1.54, 1.807) is 0 Å². The minimum absolute atomic E-state index is 0.0474. The molecule has 3 N–H and O–H groups in total. The summed E-state index contributed by atoms with van der Waals surface area (Å²) in [5.74, 6) is -2.37. The Morgan fingerprint density at radius 1 is 1.29 bits per heavy atom. The van der Waals surface area contributed by atoms with Gasteiger partial charge in [-0.2, -0.15) is 0 Å². The molecule has 2 amide bonds. The van der Waals surface area contributed by atoms with Gasteiger partial charge in [0.2, 0.25) is 11.8 Å². The van der Waals surface area contributed by atoms with Crippen LogP contribution in [0.3, 0.4) is 0 Å². The summed E-state index contributed by atoms with van der Waals surface area (Å²) < 4.78 is 27.1. The Labute approximate surface area is 139 Å². The quantitative estimate of drug-likeness (QED) is 0.741. The Morgan fingerprint density at radius 2 is 1.96 bits per heavy atom. The van der Waals surface area contributed by atoms with Gasteiger partial charge in [0.25, 0.3) is 0 Å². The molecule has 132 valence electrons. The summed E-state index contributed by atoms with van der Waals surface area (Å²) in [6.45, 7) is 1.10. The van der Waals surface area contributed by atoms with Crippen molar-refractivity contribution in [2.75, 3.05) is 6.61 Å². The van der Waals surface area contributed by atoms with Crippen molar-refractivity contribution in [1.82, 2.24) is 10.6 Å². The molecule has 0 heterocycles. The van der Waals surface area contributed by atoms with E-state index in [4.69, 9.17) is 0 Å². The SMILES string of the molecule is CC(=O)NC(CC(=O)NC1(CO)CCCC1)c1ccc(F)cc1F. The van der Waals surface area contributed by atoms with E-state index >= 15 is 0 Å². The molecule has 0 spiro atoms. The normalized spacial score (nSPS) is 17.3. The molecular weight excluding hydrogens is 318 g/mol. The number of hydrogen-bond donors (Lipinski definition) is 3. The highest BCUT2D eigenvalue weighted by atomic mass is 19.1. The van der Waals surface area contributed by atoms with Crippen LogP contribution in [0.4, 0.5) is 8.78 Å². The fourth-order valence-corrected chi connectivity index (χ4v) is 3.17. The second-order valence-electron chi connectivity index (χ2n) is 6.32. The molecular formula is C17H22F2N2O3. The van der Waals surface area contributed by atoms with Crippen LogP contribution in [0.15, 0.2) is 18.2 Å². The second kappa shape index (κ2) is 7.70. The number of benzene rings is 1. The van der Waals surface area contributed by atoms with Crippen LogP contribution in [-0.2, 0) is 9.59 Å². The van der Waals surface area contributed by atoms with Crippen molar-refractivity contribution in [3.8, 4) is 0 Å². The number of hydrogen-bond acceptors (Lipinski definition) is 3. The maximum atomic E-state index is 14.0. The van der Waals surface area contributed by atoms with E-state index in [0.717, 1.165) is 18.9 Å². The van der Waals surface area contributed by atoms with Crippen molar-refractivity contribution >= 4 is 11.8 Å². The van der Waals surface area contributed by atoms with Crippen molar-refractivity contribution in [1.29, 1.82) is 0 Å². The third-order valence-corrected chi connectivity index (χ3v) is 4.37. The van der Waals surface area contributed by atoms with Crippen LogP contribution in [0.25, 0.3) is 0 Å². The Bertz CT molecular complexity index is 616. The van der Waals surface area contributed by atoms with Gasteiger partial charge in [0.15, 0.2) is 0 Å². The predicted molar refractivity (Wildman–Crippen MR) is 84.0 cm³/mol. The molecule has 5 nitrogen and oxygen atoms in total. The number of nitrogens with one attached hydrogen (secondary N) is 2. The molecule has 1 atom stereocenters. The van der Waals surface area contributed by atoms with E-state index in [1.807, 2.05) is 0 Å². The maximum Gasteiger partial charge on any atom is 0.222 e. The molecule has 1 aromatic rings. The molecule has 1 fully saturated rings. The zero-order valence-corrected chi connectivity index (χ0v) is 13.6. The first kappa shape index (κ1) is 18.3. The molecule has 0 aromatic heterocycles. The van der Waals surface area contributed by atoms with Gasteiger partial charge < -0.3 is 15.7 Å². The average molecular weight is 340 g/mol. The predicted octanol–water partition coefficient (Wildman–Crippen LogP) is 1.95. The van der Waals surface area contributed by atoms with Crippen molar-refractivity contribution in [3.05, 3.63) is 35.4 Å². The largest absolute Gasteiger partial charge is 0.394 e. The highest BCUT2D eigenvalue weighted by Gasteiger charge is 2.35. The molecule has 0 radical (unpaired) electrons. The fraction of sp³-hybridized carbons (Fsp3) is 0.529. The second-order valence-corrected chi connectivity index (χ2v) is 6.32. The van der Waals surface area contributed by atoms with Gasteiger partial charge in [0, 0.05) is 18.6 Å². The molecule has 1 saturated carbocycles. The number of aliphatic hydroxyl groups excluding tert-OH is 1. The van der Waals surface area contributed by atoms with Crippen LogP contribution < -0.4 is 10.6 Å². The van der Waals surface area contributed by atoms with E-state index < -0.39 is 35.0 Å². The number of rotatable bonds is 6. The summed E-state index contributed by atoms with van der Waals surface area (Å²) in [5, 5.41) is 14.9. The Morgan fingerprint density at radius 3 is 2.50 bits per heavy atom. The van der Waals surface area contributed by atoms with Crippen LogP contribution in [0.5, 0.6) is 0 Å². The van der Waals surface area contributed by atoms with Crippen LogP contribution in [0.2, 0.25) is 0 Å². The van der Waals surface area contributed by atoms with E-state index in [0.29, 0.717) is 18.9 Å². The van der Waals surface area contributed by atoms with E-state index in [1.165, 1.54) is 13.0 Å². The molecule has 0 bridgehead atoms. The van der Waals surface area contributed by atoms with Gasteiger partial charge in [-0.1, -0.05) is 18.9 Å². The molecule has 7 heteroatoms. The van der Waals surface area contributed by atoms with Gasteiger partial charge in [-0.25, -0.2) is 8.78 Å². The summed E-state index contributed by atoms with van der Waals surface area (Å²) in [5.41, 5.74) is -0.592. The highest BCUT2D eigenvalue weighted by Crippen LogP contribution is 2.30. The van der Waals surface area contributed by atoms with E-state index in [-0.39, 0.29) is 18.6 Å². The molecule has 1 aliphatic carbocycles. The van der Waals surface area contributed by atoms with Crippen LogP contribution in [0.1, 0.15) is 50.6 Å². The van der Waals surface area contributed by atoms with Gasteiger partial charge in [0.05, 0.1) is 24.6 Å². The molecule has 1 unspecified atom stereocenters. The van der Waals surface area contributed by atoms with Gasteiger partial charge in [-0.05, 0) is 18.9 Å². The minimum Gasteiger partial charge on any atom is -0.394 e. The summed E-state index contributed by atoms with van der Waals surface area (Å²) in [4.78, 5) is 23.7. The third kappa shape index (κ3) is 4.50. The van der Waals surface area contributed by atoms with Gasteiger partial charge in [-0.3, -0.25) is 9.59 Å². The average Bonchev–Trinajstić information content (AvgIpc) is 2.95. The van der Waals surface area contributed by atoms with Crippen molar-refractivity contribution in [2.24, 2.45) is 0 Å². The number of carbonyl (C=O) groups is 2. The summed E-state index contributed by atoms with van der Waals surface area (Å²) in [7, 11) is 0. The fourth-order valence-electron chi connectivity index (χ4n) is 3.17. The summed E-state index contributed by atoms with van der Waals surface area (Å²) >= 11 is 0. The van der Waals surface area contributed by atoms with Gasteiger partial charge in [0.1, 0.15) is 11.6 Å². The molecule has 0 aliphatic heterocycles. The Hall–Kier alpha value is -2.02. The first-order valence-corrected chi connectivity index (χ1v) is 7.99. The number of amides is 2. The Balaban J connectivity index is 2.13. The summed E-state index contributed by atoms with van der Waals surface area (Å²) in [6.07, 6.45) is 3.02. The highest BCUT2D eigenvalue weighted by molar-refractivity contribution is 5.79. The van der Waals surface area contributed by atoms with Crippen molar-refractivity contribution in [2.45, 2.75) is 50.6 Å². The van der Waals surface area contributed by atoms with Crippen LogP contribution in [0, 0.1) is 11.6 Å². The van der Waals surface area contributed by atoms with E-state index in [2.05, 4.69) is 10.6 Å². The number of aliphatic hydroxyl groups is 1. The lowest BCUT2D eigenvalue weighted by atomic mass is 9.97. The smallest absolute Gasteiger partial charge is 0.222 e. The summed E-state index contributed by atoms with van der Waals surface area (Å²) in [6, 6.07) is 2.11. The number of carbonyl (C=O) groups excluding carboxylic acids is 2. The lowest BCUT2D eigenvalue weighted by molar-refractivity contribution is -0.124. The standard InChI is InChI=1S/C17H22F2N2O3/c1-11(23)20-15(13-5-4-12(18)8-14(13)19)9-16(24)21-17(10-22)6-2-3-7-17/h4-5,8,15,22H,2-3,6-7,9-10H2,1H3,(H,20,23)(H,21,24). The monoisotopic (exact) mass is 340 g/mol. The number of halogens is 2. The molecule has 2 rings (SSSR count). The van der Waals surface area contributed by atoms with Crippen LogP contribution >= 0.6 is 0 Å². The lowest BCUT2D eigenvalue weighted by Crippen LogP contribution is -2.50. The van der Waals surface area contributed by atoms with Gasteiger partial charge >= 0.3 is 0 Å².